The lowest BCUT2D eigenvalue weighted by molar-refractivity contribution is 0.104. The maximum atomic E-state index is 12.6. The van der Waals surface area contributed by atoms with Gasteiger partial charge in [0.15, 0.2) is 5.78 Å². The molecule has 3 aromatic rings. The van der Waals surface area contributed by atoms with Crippen molar-refractivity contribution in [1.82, 2.24) is 9.78 Å². The van der Waals surface area contributed by atoms with Crippen molar-refractivity contribution in [3.8, 4) is 11.4 Å². The highest BCUT2D eigenvalue weighted by Gasteiger charge is 2.13. The van der Waals surface area contributed by atoms with E-state index in [0.29, 0.717) is 17.3 Å². The number of hydrogen-bond acceptors (Lipinski definition) is 4. The molecule has 138 valence electrons. The van der Waals surface area contributed by atoms with E-state index >= 15 is 0 Å². The van der Waals surface area contributed by atoms with Gasteiger partial charge in [0.05, 0.1) is 23.9 Å². The number of thioether (sulfide) groups is 1. The number of benzene rings is 2. The van der Waals surface area contributed by atoms with E-state index in [9.17, 15) is 13.6 Å². The van der Waals surface area contributed by atoms with Gasteiger partial charge in [0.2, 0.25) is 0 Å². The first-order chi connectivity index (χ1) is 13.1. The fraction of sp³-hybridized carbons (Fsp3) is 0.100. The van der Waals surface area contributed by atoms with Crippen molar-refractivity contribution in [2.45, 2.75) is 10.7 Å². The Kier molecular flexibility index (Phi) is 6.03. The Balaban J connectivity index is 1.74. The first-order valence-corrected chi connectivity index (χ1v) is 8.90. The van der Waals surface area contributed by atoms with E-state index in [1.165, 1.54) is 31.4 Å². The van der Waals surface area contributed by atoms with Crippen LogP contribution in [0.1, 0.15) is 15.9 Å². The third-order valence-corrected chi connectivity index (χ3v) is 4.48. The second-order valence-electron chi connectivity index (χ2n) is 5.50. The number of alkyl halides is 2. The molecule has 27 heavy (non-hydrogen) atoms. The van der Waals surface area contributed by atoms with Gasteiger partial charge < -0.3 is 4.74 Å². The van der Waals surface area contributed by atoms with E-state index in [1.807, 2.05) is 36.5 Å². The second-order valence-corrected chi connectivity index (χ2v) is 6.53. The van der Waals surface area contributed by atoms with Crippen LogP contribution in [0.2, 0.25) is 0 Å². The predicted octanol–water partition coefficient (Wildman–Crippen LogP) is 5.09. The lowest BCUT2D eigenvalue weighted by Crippen LogP contribution is -1.97. The van der Waals surface area contributed by atoms with Crippen molar-refractivity contribution in [2.75, 3.05) is 7.11 Å². The Morgan fingerprint density at radius 1 is 1.22 bits per heavy atom. The Bertz CT molecular complexity index is 956. The molecule has 1 aromatic heterocycles. The van der Waals surface area contributed by atoms with Crippen LogP contribution in [-0.2, 0) is 0 Å². The fourth-order valence-corrected chi connectivity index (χ4v) is 3.02. The molecule has 0 unspecified atom stereocenters. The van der Waals surface area contributed by atoms with Crippen LogP contribution in [0.15, 0.2) is 71.9 Å². The Morgan fingerprint density at radius 3 is 2.70 bits per heavy atom. The average Bonchev–Trinajstić information content (AvgIpc) is 3.16. The van der Waals surface area contributed by atoms with Crippen molar-refractivity contribution in [2.24, 2.45) is 0 Å². The van der Waals surface area contributed by atoms with Gasteiger partial charge in [-0.2, -0.15) is 13.9 Å². The highest BCUT2D eigenvalue weighted by Crippen LogP contribution is 2.34. The number of hydrogen-bond donors (Lipinski definition) is 0. The predicted molar refractivity (Wildman–Crippen MR) is 102 cm³/mol. The van der Waals surface area contributed by atoms with Crippen LogP contribution in [0.4, 0.5) is 8.78 Å². The number of carbonyl (C=O) groups is 1. The first kappa shape index (κ1) is 18.8. The second kappa shape index (κ2) is 8.64. The topological polar surface area (TPSA) is 44.1 Å². The van der Waals surface area contributed by atoms with Crippen LogP contribution in [0.3, 0.4) is 0 Å². The van der Waals surface area contributed by atoms with Crippen LogP contribution in [0, 0.1) is 0 Å². The molecule has 0 amide bonds. The SMILES string of the molecule is COc1cc(C(=O)C=Cc2cnn(-c3ccccc3)c2)ccc1SC(F)F. The van der Waals surface area contributed by atoms with Gasteiger partial charge in [0.1, 0.15) is 5.75 Å². The molecule has 0 bridgehead atoms. The minimum absolute atomic E-state index is 0.247. The Labute approximate surface area is 159 Å². The van der Waals surface area contributed by atoms with E-state index in [1.54, 1.807) is 17.0 Å². The van der Waals surface area contributed by atoms with Crippen molar-refractivity contribution < 1.29 is 18.3 Å². The highest BCUT2D eigenvalue weighted by molar-refractivity contribution is 7.99. The lowest BCUT2D eigenvalue weighted by Gasteiger charge is -2.08. The van der Waals surface area contributed by atoms with Gasteiger partial charge in [0, 0.05) is 17.3 Å². The van der Waals surface area contributed by atoms with Gasteiger partial charge >= 0.3 is 0 Å². The van der Waals surface area contributed by atoms with Gasteiger partial charge in [0.25, 0.3) is 5.76 Å². The maximum Gasteiger partial charge on any atom is 0.289 e. The molecule has 0 radical (unpaired) electrons. The summed E-state index contributed by atoms with van der Waals surface area (Å²) in [5, 5.41) is 4.26. The third-order valence-electron chi connectivity index (χ3n) is 3.71. The number of ketones is 1. The summed E-state index contributed by atoms with van der Waals surface area (Å²) in [4.78, 5) is 12.7. The minimum atomic E-state index is -2.55. The summed E-state index contributed by atoms with van der Waals surface area (Å²) in [6, 6.07) is 14.0. The molecule has 7 heteroatoms. The molecule has 0 fully saturated rings. The van der Waals surface area contributed by atoms with Gasteiger partial charge in [-0.25, -0.2) is 4.68 Å². The summed E-state index contributed by atoms with van der Waals surface area (Å²) in [6.45, 7) is 0. The van der Waals surface area contributed by atoms with E-state index in [2.05, 4.69) is 5.10 Å². The molecule has 0 saturated carbocycles. The normalized spacial score (nSPS) is 11.3. The van der Waals surface area contributed by atoms with Gasteiger partial charge in [-0.3, -0.25) is 4.79 Å². The van der Waals surface area contributed by atoms with Crippen molar-refractivity contribution in [3.63, 3.8) is 0 Å². The molecule has 0 atom stereocenters. The standard InChI is InChI=1S/C20H16F2N2O2S/c1-26-18-11-15(8-10-19(18)27-20(21)22)17(25)9-7-14-12-23-24(13-14)16-5-3-2-4-6-16/h2-13,20H,1H3. The van der Waals surface area contributed by atoms with E-state index in [0.717, 1.165) is 11.3 Å². The van der Waals surface area contributed by atoms with E-state index in [4.69, 9.17) is 4.74 Å². The fourth-order valence-electron chi connectivity index (χ4n) is 2.43. The van der Waals surface area contributed by atoms with Gasteiger partial charge in [-0.05, 0) is 42.5 Å². The third kappa shape index (κ3) is 4.83. The zero-order valence-corrected chi connectivity index (χ0v) is 15.2. The van der Waals surface area contributed by atoms with Crippen LogP contribution in [-0.4, -0.2) is 28.4 Å². The highest BCUT2D eigenvalue weighted by atomic mass is 32.2. The Morgan fingerprint density at radius 2 is 2.00 bits per heavy atom. The van der Waals surface area contributed by atoms with Crippen LogP contribution in [0.25, 0.3) is 11.8 Å². The first-order valence-electron chi connectivity index (χ1n) is 8.02. The minimum Gasteiger partial charge on any atom is -0.496 e. The molecule has 3 rings (SSSR count). The molecule has 4 nitrogen and oxygen atoms in total. The molecule has 0 spiro atoms. The maximum absolute atomic E-state index is 12.6. The summed E-state index contributed by atoms with van der Waals surface area (Å²) >= 11 is 0.382. The molecule has 0 saturated heterocycles. The van der Waals surface area contributed by atoms with Gasteiger partial charge in [-0.15, -0.1) is 0 Å². The van der Waals surface area contributed by atoms with Crippen molar-refractivity contribution in [1.29, 1.82) is 0 Å². The molecule has 0 aliphatic carbocycles. The molecule has 0 N–H and O–H groups in total. The van der Waals surface area contributed by atoms with Crippen LogP contribution >= 0.6 is 11.8 Å². The van der Waals surface area contributed by atoms with E-state index < -0.39 is 5.76 Å². The van der Waals surface area contributed by atoms with Crippen LogP contribution in [0.5, 0.6) is 5.75 Å². The van der Waals surface area contributed by atoms with Crippen molar-refractivity contribution >= 4 is 23.6 Å². The summed E-state index contributed by atoms with van der Waals surface area (Å²) in [6.07, 6.45) is 6.53. The number of rotatable bonds is 7. The molecular formula is C20H16F2N2O2S. The van der Waals surface area contributed by atoms with E-state index in [-0.39, 0.29) is 16.4 Å². The number of halogens is 2. The molecule has 2 aromatic carbocycles. The monoisotopic (exact) mass is 386 g/mol. The van der Waals surface area contributed by atoms with Crippen LogP contribution < -0.4 is 4.74 Å². The van der Waals surface area contributed by atoms with Crippen molar-refractivity contribution in [3.05, 3.63) is 78.1 Å². The Hall–Kier alpha value is -2.93. The zero-order valence-electron chi connectivity index (χ0n) is 14.4. The number of allylic oxidation sites excluding steroid dienone is 1. The molecule has 1 heterocycles. The quantitative estimate of drug-likeness (QED) is 0.322. The smallest absolute Gasteiger partial charge is 0.289 e. The number of nitrogens with zero attached hydrogens (tertiary/aromatic N) is 2. The summed E-state index contributed by atoms with van der Waals surface area (Å²) in [7, 11) is 1.38. The summed E-state index contributed by atoms with van der Waals surface area (Å²) in [5.41, 5.74) is 2.04. The molecule has 0 aliphatic rings. The number of aromatic nitrogens is 2. The largest absolute Gasteiger partial charge is 0.496 e. The van der Waals surface area contributed by atoms with Gasteiger partial charge in [-0.1, -0.05) is 30.0 Å². The number of ether oxygens (including phenoxy) is 1. The summed E-state index contributed by atoms with van der Waals surface area (Å²) in [5.74, 6) is -2.56. The lowest BCUT2D eigenvalue weighted by atomic mass is 10.1. The number of carbonyl (C=O) groups excluding carboxylic acids is 1. The average molecular weight is 386 g/mol. The molecular weight excluding hydrogens is 370 g/mol. The summed E-state index contributed by atoms with van der Waals surface area (Å²) < 4.78 is 31.9. The number of para-hydroxylation sites is 1. The molecule has 0 aliphatic heterocycles. The number of methoxy groups -OCH3 is 1. The zero-order chi connectivity index (χ0) is 19.2.